The van der Waals surface area contributed by atoms with E-state index < -0.39 is 0 Å². The van der Waals surface area contributed by atoms with Crippen LogP contribution in [-0.2, 0) is 24.7 Å². The second-order valence-corrected chi connectivity index (χ2v) is 9.68. The maximum absolute atomic E-state index is 9.41. The Morgan fingerprint density at radius 2 is 1.56 bits per heavy atom. The Bertz CT molecular complexity index is 1420. The van der Waals surface area contributed by atoms with Crippen LogP contribution in [0.3, 0.4) is 0 Å². The van der Waals surface area contributed by atoms with Crippen molar-refractivity contribution < 1.29 is 54.6 Å². The number of fused-ring (bicyclic) bond motifs is 3. The molecule has 4 heteroatoms. The van der Waals surface area contributed by atoms with Crippen molar-refractivity contribution in [1.29, 1.82) is 0 Å². The van der Waals surface area contributed by atoms with E-state index in [1.165, 1.54) is 82.3 Å². The van der Waals surface area contributed by atoms with Gasteiger partial charge in [-0.2, -0.15) is 0 Å². The van der Waals surface area contributed by atoms with Gasteiger partial charge in [0.25, 0.3) is 0 Å². The Hall–Kier alpha value is -1.44. The fourth-order valence-electron chi connectivity index (χ4n) is 5.11. The van der Waals surface area contributed by atoms with Gasteiger partial charge in [0.2, 0.25) is 0 Å². The molecule has 0 aromatic heterocycles. The van der Waals surface area contributed by atoms with Crippen LogP contribution in [0.4, 0.5) is 0 Å². The predicted molar refractivity (Wildman–Crippen MR) is 120 cm³/mol. The van der Waals surface area contributed by atoms with Gasteiger partial charge in [-0.15, -0.1) is 0 Å². The number of aliphatic hydroxyl groups is 1. The molecule has 0 saturated carbocycles. The molecule has 1 unspecified atom stereocenters. The summed E-state index contributed by atoms with van der Waals surface area (Å²) in [6.45, 7) is 4.70. The topological polar surface area (TPSA) is 20.2 Å². The van der Waals surface area contributed by atoms with Crippen molar-refractivity contribution in [3.8, 4) is 0 Å². The van der Waals surface area contributed by atoms with Gasteiger partial charge in [0.05, 0.1) is 0 Å². The van der Waals surface area contributed by atoms with E-state index in [9.17, 15) is 5.11 Å². The molecule has 1 N–H and O–H groups in total. The molecule has 0 bridgehead atoms. The van der Waals surface area contributed by atoms with Crippen LogP contribution < -0.4 is 35.3 Å². The molecule has 0 saturated heterocycles. The molecule has 2 aliphatic carbocycles. The third-order valence-corrected chi connectivity index (χ3v) is 7.72. The first-order valence-electron chi connectivity index (χ1n) is 10.7. The molecule has 2 aliphatic rings. The van der Waals surface area contributed by atoms with Crippen LogP contribution in [0, 0.1) is 10.4 Å². The van der Waals surface area contributed by atoms with Gasteiger partial charge in [0.1, 0.15) is 0 Å². The molecule has 0 fully saturated rings. The van der Waals surface area contributed by atoms with Crippen LogP contribution in [0.15, 0.2) is 66.7 Å². The number of halogens is 2. The van der Waals surface area contributed by atoms with Gasteiger partial charge in [-0.1, -0.05) is 0 Å². The van der Waals surface area contributed by atoms with Gasteiger partial charge in [-0.25, -0.2) is 0 Å². The van der Waals surface area contributed by atoms with Crippen molar-refractivity contribution in [1.82, 2.24) is 0 Å². The van der Waals surface area contributed by atoms with Gasteiger partial charge < -0.3 is 24.8 Å². The van der Waals surface area contributed by atoms with Gasteiger partial charge >= 0.3 is 193 Å². The van der Waals surface area contributed by atoms with Crippen LogP contribution in [0.5, 0.6) is 0 Å². The Labute approximate surface area is 216 Å². The molecule has 161 valence electrons. The van der Waals surface area contributed by atoms with Gasteiger partial charge in [0.15, 0.2) is 0 Å². The van der Waals surface area contributed by atoms with E-state index in [1.54, 1.807) is 0 Å². The minimum absolute atomic E-state index is 0. The minimum Gasteiger partial charge on any atom is -1.00 e. The van der Waals surface area contributed by atoms with E-state index in [4.69, 9.17) is 0 Å². The zero-order valence-electron chi connectivity index (χ0n) is 18.3. The van der Waals surface area contributed by atoms with Crippen LogP contribution >= 0.6 is 0 Å². The van der Waals surface area contributed by atoms with Crippen molar-refractivity contribution >= 4 is 14.4 Å². The smallest absolute Gasteiger partial charge is 1.00 e. The number of aliphatic hydroxyl groups excluding tert-OH is 1. The second kappa shape index (κ2) is 10.2. The molecule has 5 rings (SSSR count). The minimum atomic E-state index is 0. The molecule has 3 aromatic rings. The Kier molecular flexibility index (Phi) is 8.05. The monoisotopic (exact) mass is 537 g/mol. The summed E-state index contributed by atoms with van der Waals surface area (Å²) >= 11 is 1.47. The van der Waals surface area contributed by atoms with Crippen LogP contribution in [0.1, 0.15) is 54.9 Å². The predicted octanol–water partition coefficient (Wildman–Crippen LogP) is -1.51. The molecule has 1 nitrogen and oxygen atoms in total. The van der Waals surface area contributed by atoms with Crippen molar-refractivity contribution in [3.63, 3.8) is 0 Å². The third-order valence-electron chi connectivity index (χ3n) is 6.45. The van der Waals surface area contributed by atoms with E-state index in [0.29, 0.717) is 0 Å². The first kappa shape index (κ1) is 25.2. The molecule has 0 heterocycles. The van der Waals surface area contributed by atoms with Crippen LogP contribution in [-0.4, -0.2) is 11.7 Å². The largest absolute Gasteiger partial charge is 1.00 e. The number of hydrogen-bond donors (Lipinski definition) is 1. The van der Waals surface area contributed by atoms with E-state index in [-0.39, 0.29) is 37.3 Å². The maximum Gasteiger partial charge on any atom is -1.00 e. The SMILES string of the molecule is CC(C)=c1ccc2c(c1C1C=C(CCCO)c3ccccc31)[C]([Zr+2])=c1ccccc1=2.[Cl-].[Cl-]. The summed E-state index contributed by atoms with van der Waals surface area (Å²) in [5, 5.41) is 14.9. The maximum atomic E-state index is 9.41. The molecule has 0 amide bonds. The summed E-state index contributed by atoms with van der Waals surface area (Å²) in [4.78, 5) is 0. The summed E-state index contributed by atoms with van der Waals surface area (Å²) < 4.78 is 1.47. The van der Waals surface area contributed by atoms with Crippen molar-refractivity contribution in [2.75, 3.05) is 6.61 Å². The average molecular weight is 540 g/mol. The van der Waals surface area contributed by atoms with Crippen molar-refractivity contribution in [2.24, 2.45) is 0 Å². The Morgan fingerprint density at radius 1 is 0.875 bits per heavy atom. The second-order valence-electron chi connectivity index (χ2n) is 8.45. The van der Waals surface area contributed by atoms with Crippen LogP contribution in [0.25, 0.3) is 14.4 Å². The molecule has 0 aliphatic heterocycles. The third kappa shape index (κ3) is 4.01. The summed E-state index contributed by atoms with van der Waals surface area (Å²) in [5.41, 5.74) is 8.41. The summed E-state index contributed by atoms with van der Waals surface area (Å²) in [7, 11) is 0. The average Bonchev–Trinajstić information content (AvgIpc) is 3.28. The molecule has 1 atom stereocenters. The normalized spacial score (nSPS) is 15.2. The van der Waals surface area contributed by atoms with E-state index in [0.717, 1.165) is 12.8 Å². The fraction of sp³-hybridized carbons (Fsp3) is 0.214. The molecule has 32 heavy (non-hydrogen) atoms. The number of hydrogen-bond acceptors (Lipinski definition) is 1. The van der Waals surface area contributed by atoms with E-state index in [1.807, 2.05) is 0 Å². The van der Waals surface area contributed by atoms with Gasteiger partial charge in [0, 0.05) is 0 Å². The van der Waals surface area contributed by atoms with Crippen LogP contribution in [0.2, 0.25) is 0 Å². The van der Waals surface area contributed by atoms with E-state index in [2.05, 4.69) is 80.6 Å². The van der Waals surface area contributed by atoms with E-state index >= 15 is 0 Å². The summed E-state index contributed by atoms with van der Waals surface area (Å²) in [5.74, 6) is 0.263. The number of benzene rings is 3. The Morgan fingerprint density at radius 3 is 2.28 bits per heavy atom. The molecule has 0 radical (unpaired) electrons. The standard InChI is InChI=1S/C28H25O.2ClH.Zr/c1-18(2)21-13-14-25-23-10-4-3-8-19(23)16-27(25)28(21)26-17-20(9-7-15-29)22-11-5-6-12-24(22)26;;;/h3-6,8,10-14,17,26,29H,7,9,15H2,1-2H3;2*1H;/q;;;+2/p-2. The zero-order valence-corrected chi connectivity index (χ0v) is 22.2. The number of allylic oxidation sites excluding steroid dienone is 2. The molecule has 0 spiro atoms. The fourth-order valence-corrected chi connectivity index (χ4v) is 6.31. The summed E-state index contributed by atoms with van der Waals surface area (Å²) in [6, 6.07) is 22.4. The quantitative estimate of drug-likeness (QED) is 0.428. The summed E-state index contributed by atoms with van der Waals surface area (Å²) in [6.07, 6.45) is 4.21. The van der Waals surface area contributed by atoms with Gasteiger partial charge in [-0.3, -0.25) is 0 Å². The molecular formula is C28H25Cl2OZr. The zero-order chi connectivity index (χ0) is 20.8. The Balaban J connectivity index is 0.00000144. The first-order valence-corrected chi connectivity index (χ1v) is 11.9. The van der Waals surface area contributed by atoms with Gasteiger partial charge in [-0.05, 0) is 0 Å². The van der Waals surface area contributed by atoms with Crippen molar-refractivity contribution in [2.45, 2.75) is 32.6 Å². The molecule has 3 aromatic carbocycles. The number of rotatable bonds is 4. The van der Waals surface area contributed by atoms with Crippen molar-refractivity contribution in [3.05, 3.63) is 110 Å². The molecular weight excluding hydrogens is 514 g/mol. The first-order chi connectivity index (χ1) is 14.6.